The Bertz CT molecular complexity index is 898. The molecule has 1 N–H and O–H groups in total. The zero-order valence-corrected chi connectivity index (χ0v) is 13.4. The molecule has 0 radical (unpaired) electrons. The van der Waals surface area contributed by atoms with Crippen LogP contribution in [0, 0.1) is 0 Å². The maximum atomic E-state index is 12.8. The second-order valence-corrected chi connectivity index (χ2v) is 5.37. The Balaban J connectivity index is 1.76. The van der Waals surface area contributed by atoms with Gasteiger partial charge in [0, 0.05) is 19.8 Å². The summed E-state index contributed by atoms with van der Waals surface area (Å²) in [6.07, 6.45) is -3.09. The normalized spacial score (nSPS) is 12.0. The molecule has 3 rings (SSSR count). The fourth-order valence-electron chi connectivity index (χ4n) is 2.06. The number of benzene rings is 1. The van der Waals surface area contributed by atoms with Crippen molar-refractivity contribution in [1.29, 1.82) is 0 Å². The second-order valence-electron chi connectivity index (χ2n) is 5.37. The Morgan fingerprint density at radius 1 is 1.08 bits per heavy atom. The van der Waals surface area contributed by atoms with E-state index >= 15 is 0 Å². The average molecular weight is 349 g/mol. The summed E-state index contributed by atoms with van der Waals surface area (Å²) in [5.74, 6) is -1.05. The van der Waals surface area contributed by atoms with Crippen LogP contribution in [0.15, 0.2) is 41.5 Å². The summed E-state index contributed by atoms with van der Waals surface area (Å²) < 4.78 is 39.1. The van der Waals surface area contributed by atoms with Gasteiger partial charge >= 0.3 is 6.18 Å². The Kier molecular flexibility index (Phi) is 4.26. The fraction of sp³-hybridized carbons (Fsp3) is 0.200. The van der Waals surface area contributed by atoms with E-state index in [1.54, 1.807) is 6.21 Å². The van der Waals surface area contributed by atoms with Gasteiger partial charge < -0.3 is 4.90 Å². The predicted molar refractivity (Wildman–Crippen MR) is 87.8 cm³/mol. The Labute approximate surface area is 140 Å². The summed E-state index contributed by atoms with van der Waals surface area (Å²) in [4.78, 5) is 1.97. The summed E-state index contributed by atoms with van der Waals surface area (Å²) in [5, 5.41) is 14.3. The van der Waals surface area contributed by atoms with Crippen LogP contribution in [0.5, 0.6) is 0 Å². The number of anilines is 2. The molecular formula is C15H14F3N7. The summed E-state index contributed by atoms with van der Waals surface area (Å²) in [7, 11) is 3.87. The first-order valence-corrected chi connectivity index (χ1v) is 7.21. The highest BCUT2D eigenvalue weighted by molar-refractivity contribution is 5.80. The Hall–Kier alpha value is -3.17. The highest BCUT2D eigenvalue weighted by Gasteiger charge is 2.37. The van der Waals surface area contributed by atoms with E-state index in [4.69, 9.17) is 0 Å². The number of hydrogen-bond donors (Lipinski definition) is 1. The minimum absolute atomic E-state index is 0.00105. The van der Waals surface area contributed by atoms with Crippen LogP contribution in [0.1, 0.15) is 11.4 Å². The molecular weight excluding hydrogens is 335 g/mol. The number of aromatic nitrogens is 4. The number of hydrazone groups is 1. The van der Waals surface area contributed by atoms with Crippen LogP contribution in [0.25, 0.3) is 5.65 Å². The number of alkyl halides is 3. The largest absolute Gasteiger partial charge is 0.453 e. The van der Waals surface area contributed by atoms with E-state index in [2.05, 4.69) is 25.8 Å². The first-order valence-electron chi connectivity index (χ1n) is 7.21. The van der Waals surface area contributed by atoms with Gasteiger partial charge in [0.25, 0.3) is 5.82 Å². The Morgan fingerprint density at radius 2 is 1.80 bits per heavy atom. The molecule has 0 amide bonds. The standard InChI is InChI=1S/C15H14F3N7/c1-24(2)11-5-3-10(4-6-11)9-19-20-12-7-8-13-21-22-14(15(16,17)18)25(13)23-12/h3-9H,1-2H3,(H,20,23). The molecule has 0 aliphatic rings. The lowest BCUT2D eigenvalue weighted by molar-refractivity contribution is -0.146. The molecule has 130 valence electrons. The van der Waals surface area contributed by atoms with Gasteiger partial charge in [0.1, 0.15) is 0 Å². The van der Waals surface area contributed by atoms with Gasteiger partial charge in [0.05, 0.1) is 6.21 Å². The SMILES string of the molecule is CN(C)c1ccc(C=NNc2ccc3nnc(C(F)(F)F)n3n2)cc1. The van der Waals surface area contributed by atoms with Gasteiger partial charge in [-0.25, -0.2) is 0 Å². The van der Waals surface area contributed by atoms with Crippen molar-refractivity contribution in [3.63, 3.8) is 0 Å². The predicted octanol–water partition coefficient (Wildman–Crippen LogP) is 2.66. The van der Waals surface area contributed by atoms with Gasteiger partial charge in [-0.3, -0.25) is 5.43 Å². The van der Waals surface area contributed by atoms with Gasteiger partial charge in [-0.15, -0.1) is 15.3 Å². The van der Waals surface area contributed by atoms with E-state index in [1.165, 1.54) is 12.1 Å². The van der Waals surface area contributed by atoms with Crippen molar-refractivity contribution in [2.75, 3.05) is 24.4 Å². The van der Waals surface area contributed by atoms with E-state index in [0.717, 1.165) is 11.3 Å². The van der Waals surface area contributed by atoms with Gasteiger partial charge in [0.2, 0.25) is 0 Å². The molecule has 0 saturated carbocycles. The molecule has 7 nitrogen and oxygen atoms in total. The van der Waals surface area contributed by atoms with Gasteiger partial charge in [-0.05, 0) is 29.8 Å². The highest BCUT2D eigenvalue weighted by atomic mass is 19.4. The van der Waals surface area contributed by atoms with Gasteiger partial charge in [0.15, 0.2) is 11.5 Å². The van der Waals surface area contributed by atoms with Crippen LogP contribution in [0.4, 0.5) is 24.7 Å². The monoisotopic (exact) mass is 349 g/mol. The molecule has 2 aromatic heterocycles. The molecule has 0 aliphatic heterocycles. The summed E-state index contributed by atoms with van der Waals surface area (Å²) in [6.45, 7) is 0. The van der Waals surface area contributed by atoms with Crippen LogP contribution in [-0.4, -0.2) is 40.1 Å². The zero-order valence-electron chi connectivity index (χ0n) is 13.4. The van der Waals surface area contributed by atoms with Gasteiger partial charge in [-0.2, -0.15) is 22.8 Å². The molecule has 1 aromatic carbocycles. The van der Waals surface area contributed by atoms with Crippen molar-refractivity contribution in [3.05, 3.63) is 47.8 Å². The number of nitrogens with zero attached hydrogens (tertiary/aromatic N) is 6. The smallest absolute Gasteiger partial charge is 0.378 e. The van der Waals surface area contributed by atoms with Crippen LogP contribution in [0.3, 0.4) is 0 Å². The molecule has 0 unspecified atom stereocenters. The number of rotatable bonds is 4. The van der Waals surface area contributed by atoms with Crippen molar-refractivity contribution < 1.29 is 13.2 Å². The molecule has 0 saturated heterocycles. The number of hydrogen-bond acceptors (Lipinski definition) is 6. The van der Waals surface area contributed by atoms with Crippen molar-refractivity contribution in [2.45, 2.75) is 6.18 Å². The minimum Gasteiger partial charge on any atom is -0.378 e. The van der Waals surface area contributed by atoms with Crippen molar-refractivity contribution in [2.24, 2.45) is 5.10 Å². The van der Waals surface area contributed by atoms with Crippen LogP contribution in [0.2, 0.25) is 0 Å². The van der Waals surface area contributed by atoms with Crippen LogP contribution < -0.4 is 10.3 Å². The topological polar surface area (TPSA) is 70.7 Å². The molecule has 0 fully saturated rings. The third-order valence-electron chi connectivity index (χ3n) is 3.32. The third kappa shape index (κ3) is 3.67. The summed E-state index contributed by atoms with van der Waals surface area (Å²) >= 11 is 0. The molecule has 0 atom stereocenters. The summed E-state index contributed by atoms with van der Waals surface area (Å²) in [6, 6.07) is 10.4. The van der Waals surface area contributed by atoms with E-state index in [0.29, 0.717) is 4.52 Å². The van der Waals surface area contributed by atoms with E-state index < -0.39 is 12.0 Å². The fourth-order valence-corrected chi connectivity index (χ4v) is 2.06. The maximum absolute atomic E-state index is 12.8. The van der Waals surface area contributed by atoms with Gasteiger partial charge in [-0.1, -0.05) is 12.1 Å². The zero-order chi connectivity index (χ0) is 18.0. The number of nitrogens with one attached hydrogen (secondary N) is 1. The molecule has 10 heteroatoms. The molecule has 2 heterocycles. The number of fused-ring (bicyclic) bond motifs is 1. The van der Waals surface area contributed by atoms with E-state index in [-0.39, 0.29) is 11.5 Å². The number of halogens is 3. The average Bonchev–Trinajstić information content (AvgIpc) is 2.99. The maximum Gasteiger partial charge on any atom is 0.453 e. The molecule has 3 aromatic rings. The van der Waals surface area contributed by atoms with Crippen molar-refractivity contribution in [1.82, 2.24) is 19.8 Å². The molecule has 25 heavy (non-hydrogen) atoms. The second kappa shape index (κ2) is 6.38. The van der Waals surface area contributed by atoms with Crippen molar-refractivity contribution >= 4 is 23.4 Å². The molecule has 0 spiro atoms. The van der Waals surface area contributed by atoms with E-state index in [9.17, 15) is 13.2 Å². The lowest BCUT2D eigenvalue weighted by Gasteiger charge is -2.11. The first-order chi connectivity index (χ1) is 11.8. The minimum atomic E-state index is -4.64. The molecule has 0 aliphatic carbocycles. The quantitative estimate of drug-likeness (QED) is 0.579. The Morgan fingerprint density at radius 3 is 2.44 bits per heavy atom. The summed E-state index contributed by atoms with van der Waals surface area (Å²) in [5.41, 5.74) is 4.48. The lowest BCUT2D eigenvalue weighted by Crippen LogP contribution is -2.13. The van der Waals surface area contributed by atoms with Crippen LogP contribution in [-0.2, 0) is 6.18 Å². The highest BCUT2D eigenvalue weighted by Crippen LogP contribution is 2.27. The lowest BCUT2D eigenvalue weighted by atomic mass is 10.2. The van der Waals surface area contributed by atoms with Crippen molar-refractivity contribution in [3.8, 4) is 0 Å². The first kappa shape index (κ1) is 16.7. The molecule has 0 bridgehead atoms. The third-order valence-corrected chi connectivity index (χ3v) is 3.32. The van der Waals surface area contributed by atoms with Crippen LogP contribution >= 0.6 is 0 Å². The van der Waals surface area contributed by atoms with E-state index in [1.807, 2.05) is 43.3 Å².